The minimum absolute atomic E-state index is 0.359. The van der Waals surface area contributed by atoms with Gasteiger partial charge in [0.05, 0.1) is 17.5 Å². The van der Waals surface area contributed by atoms with Crippen LogP contribution in [0.1, 0.15) is 24.8 Å². The molecular formula is C13H15BrF3NO. The molecule has 2 nitrogen and oxygen atoms in total. The minimum atomic E-state index is -4.18. The highest BCUT2D eigenvalue weighted by atomic mass is 79.9. The van der Waals surface area contributed by atoms with Crippen molar-refractivity contribution in [3.8, 4) is 5.75 Å². The Labute approximate surface area is 118 Å². The number of alkyl halides is 3. The number of hydrogen-bond acceptors (Lipinski definition) is 2. The maximum Gasteiger partial charge on any atom is 0.392 e. The molecule has 6 heteroatoms. The molecule has 106 valence electrons. The second-order valence-corrected chi connectivity index (χ2v) is 5.49. The Morgan fingerprint density at radius 3 is 2.63 bits per heavy atom. The van der Waals surface area contributed by atoms with Crippen LogP contribution in [0.5, 0.6) is 5.75 Å². The maximum absolute atomic E-state index is 12.0. The van der Waals surface area contributed by atoms with E-state index in [4.69, 9.17) is 4.74 Å². The van der Waals surface area contributed by atoms with Crippen molar-refractivity contribution in [3.05, 3.63) is 28.2 Å². The summed E-state index contributed by atoms with van der Waals surface area (Å²) in [5.41, 5.74) is 1.09. The number of nitrogens with one attached hydrogen (secondary N) is 1. The van der Waals surface area contributed by atoms with E-state index in [9.17, 15) is 13.2 Å². The molecule has 0 atom stereocenters. The summed E-state index contributed by atoms with van der Waals surface area (Å²) >= 11 is 3.32. The largest absolute Gasteiger partial charge is 0.492 e. The van der Waals surface area contributed by atoms with Gasteiger partial charge in [0.1, 0.15) is 5.75 Å². The van der Waals surface area contributed by atoms with Crippen LogP contribution in [-0.4, -0.2) is 18.8 Å². The van der Waals surface area contributed by atoms with Gasteiger partial charge in [-0.2, -0.15) is 13.2 Å². The summed E-state index contributed by atoms with van der Waals surface area (Å²) in [5, 5.41) is 3.37. The van der Waals surface area contributed by atoms with Crippen LogP contribution in [0.2, 0.25) is 0 Å². The van der Waals surface area contributed by atoms with E-state index >= 15 is 0 Å². The van der Waals surface area contributed by atoms with Crippen molar-refractivity contribution in [1.29, 1.82) is 0 Å². The molecule has 1 aromatic carbocycles. The predicted molar refractivity (Wildman–Crippen MR) is 70.2 cm³/mol. The second-order valence-electron chi connectivity index (χ2n) is 4.63. The summed E-state index contributed by atoms with van der Waals surface area (Å²) in [6.45, 7) is 0.411. The van der Waals surface area contributed by atoms with E-state index in [1.807, 2.05) is 12.1 Å². The fourth-order valence-electron chi connectivity index (χ4n) is 1.60. The molecule has 0 heterocycles. The third kappa shape index (κ3) is 5.40. The molecule has 2 rings (SSSR count). The van der Waals surface area contributed by atoms with Crippen LogP contribution in [0.15, 0.2) is 22.7 Å². The molecule has 0 aromatic heterocycles. The Kier molecular flexibility index (Phi) is 4.73. The van der Waals surface area contributed by atoms with E-state index < -0.39 is 12.6 Å². The molecule has 1 aromatic rings. The molecule has 0 bridgehead atoms. The lowest BCUT2D eigenvalue weighted by atomic mass is 10.2. The van der Waals surface area contributed by atoms with E-state index in [1.54, 1.807) is 6.07 Å². The normalized spacial score (nSPS) is 15.6. The van der Waals surface area contributed by atoms with Gasteiger partial charge in [0.25, 0.3) is 0 Å². The van der Waals surface area contributed by atoms with Gasteiger partial charge in [-0.3, -0.25) is 0 Å². The van der Waals surface area contributed by atoms with Crippen LogP contribution < -0.4 is 10.1 Å². The van der Waals surface area contributed by atoms with Crippen molar-refractivity contribution in [1.82, 2.24) is 5.32 Å². The molecule has 0 unspecified atom stereocenters. The molecule has 1 aliphatic carbocycles. The van der Waals surface area contributed by atoms with Crippen molar-refractivity contribution in [3.63, 3.8) is 0 Å². The first-order chi connectivity index (χ1) is 8.94. The van der Waals surface area contributed by atoms with E-state index in [2.05, 4.69) is 21.2 Å². The van der Waals surface area contributed by atoms with Crippen LogP contribution in [0.25, 0.3) is 0 Å². The molecule has 0 amide bonds. The summed E-state index contributed by atoms with van der Waals surface area (Å²) in [4.78, 5) is 0. The van der Waals surface area contributed by atoms with E-state index in [0.29, 0.717) is 16.3 Å². The average molecular weight is 338 g/mol. The fraction of sp³-hybridized carbons (Fsp3) is 0.538. The molecule has 1 fully saturated rings. The van der Waals surface area contributed by atoms with Crippen LogP contribution in [0, 0.1) is 0 Å². The number of ether oxygens (including phenoxy) is 1. The van der Waals surface area contributed by atoms with Crippen molar-refractivity contribution in [2.75, 3.05) is 6.61 Å². The predicted octanol–water partition coefficient (Wildman–Crippen LogP) is 4.03. The Hall–Kier alpha value is -0.750. The zero-order valence-corrected chi connectivity index (χ0v) is 11.9. The quantitative estimate of drug-likeness (QED) is 0.846. The third-order valence-electron chi connectivity index (χ3n) is 2.81. The average Bonchev–Trinajstić information content (AvgIpc) is 3.11. The highest BCUT2D eigenvalue weighted by Gasteiger charge is 2.27. The Bertz CT molecular complexity index is 432. The topological polar surface area (TPSA) is 21.3 Å². The first-order valence-corrected chi connectivity index (χ1v) is 6.95. The lowest BCUT2D eigenvalue weighted by Crippen LogP contribution is -2.15. The summed E-state index contributed by atoms with van der Waals surface area (Å²) in [6, 6.07) is 6.06. The molecular weight excluding hydrogens is 323 g/mol. The first-order valence-electron chi connectivity index (χ1n) is 6.15. The van der Waals surface area contributed by atoms with Gasteiger partial charge in [-0.05, 0) is 46.5 Å². The van der Waals surface area contributed by atoms with Gasteiger partial charge in [0.2, 0.25) is 0 Å². The van der Waals surface area contributed by atoms with Crippen LogP contribution in [0.4, 0.5) is 13.2 Å². The second kappa shape index (κ2) is 6.13. The van der Waals surface area contributed by atoms with Crippen molar-refractivity contribution < 1.29 is 17.9 Å². The molecule has 0 saturated heterocycles. The highest BCUT2D eigenvalue weighted by molar-refractivity contribution is 9.10. The Balaban J connectivity index is 1.83. The van der Waals surface area contributed by atoms with Gasteiger partial charge < -0.3 is 10.1 Å². The monoisotopic (exact) mass is 337 g/mol. The highest BCUT2D eigenvalue weighted by Crippen LogP contribution is 2.28. The van der Waals surface area contributed by atoms with Crippen molar-refractivity contribution >= 4 is 15.9 Å². The number of halogens is 4. The van der Waals surface area contributed by atoms with Crippen molar-refractivity contribution in [2.45, 2.75) is 38.0 Å². The summed E-state index contributed by atoms with van der Waals surface area (Å²) in [6.07, 6.45) is -2.68. The van der Waals surface area contributed by atoms with Gasteiger partial charge >= 0.3 is 6.18 Å². The zero-order chi connectivity index (χ0) is 13.9. The molecule has 0 radical (unpaired) electrons. The SMILES string of the molecule is FC(F)(F)CCOc1ccc(CNC2CC2)cc1Br. The fourth-order valence-corrected chi connectivity index (χ4v) is 2.14. The zero-order valence-electron chi connectivity index (χ0n) is 10.3. The van der Waals surface area contributed by atoms with Crippen LogP contribution in [0.3, 0.4) is 0 Å². The van der Waals surface area contributed by atoms with Crippen LogP contribution >= 0.6 is 15.9 Å². The standard InChI is InChI=1S/C13H15BrF3NO/c14-11-7-9(8-18-10-2-3-10)1-4-12(11)19-6-5-13(15,16)17/h1,4,7,10,18H,2-3,5-6,8H2. The van der Waals surface area contributed by atoms with Gasteiger partial charge in [-0.1, -0.05) is 6.07 Å². The Morgan fingerprint density at radius 2 is 2.05 bits per heavy atom. The molecule has 1 N–H and O–H groups in total. The number of benzene rings is 1. The molecule has 0 aliphatic heterocycles. The van der Waals surface area contributed by atoms with E-state index in [0.717, 1.165) is 12.1 Å². The maximum atomic E-state index is 12.0. The summed E-state index contributed by atoms with van der Waals surface area (Å²) in [5.74, 6) is 0.444. The number of hydrogen-bond donors (Lipinski definition) is 1. The smallest absolute Gasteiger partial charge is 0.392 e. The molecule has 1 aliphatic rings. The van der Waals surface area contributed by atoms with Gasteiger partial charge in [-0.25, -0.2) is 0 Å². The van der Waals surface area contributed by atoms with E-state index in [-0.39, 0.29) is 6.61 Å². The van der Waals surface area contributed by atoms with Gasteiger partial charge in [0, 0.05) is 12.6 Å². The number of rotatable bonds is 6. The molecule has 19 heavy (non-hydrogen) atoms. The van der Waals surface area contributed by atoms with E-state index in [1.165, 1.54) is 12.8 Å². The van der Waals surface area contributed by atoms with Gasteiger partial charge in [-0.15, -0.1) is 0 Å². The lowest BCUT2D eigenvalue weighted by molar-refractivity contribution is -0.139. The molecule has 0 spiro atoms. The van der Waals surface area contributed by atoms with Crippen molar-refractivity contribution in [2.24, 2.45) is 0 Å². The molecule has 1 saturated carbocycles. The minimum Gasteiger partial charge on any atom is -0.492 e. The summed E-state index contributed by atoms with van der Waals surface area (Å²) < 4.78 is 41.8. The third-order valence-corrected chi connectivity index (χ3v) is 3.43. The first kappa shape index (κ1) is 14.7. The van der Waals surface area contributed by atoms with Crippen LogP contribution in [-0.2, 0) is 6.54 Å². The lowest BCUT2D eigenvalue weighted by Gasteiger charge is -2.11. The summed E-state index contributed by atoms with van der Waals surface area (Å²) in [7, 11) is 0. The Morgan fingerprint density at radius 1 is 1.32 bits per heavy atom. The van der Waals surface area contributed by atoms with Gasteiger partial charge in [0.15, 0.2) is 0 Å².